The molecule has 0 nitrogen and oxygen atoms in total. The third kappa shape index (κ3) is 2.25. The number of rotatable bonds is 3. The lowest BCUT2D eigenvalue weighted by atomic mass is 9.98. The Bertz CT molecular complexity index is 337. The topological polar surface area (TPSA) is 0 Å². The molecule has 1 atom stereocenters. The molecule has 0 heterocycles. The first kappa shape index (κ1) is 10.6. The molecule has 1 unspecified atom stereocenters. The minimum Gasteiger partial charge on any atom is -0.205 e. The number of hydrogen-bond donors (Lipinski definition) is 0. The molecule has 0 aliphatic carbocycles. The zero-order chi connectivity index (χ0) is 10.6. The van der Waals surface area contributed by atoms with Crippen molar-refractivity contribution >= 4 is 0 Å². The molecule has 1 aromatic rings. The highest BCUT2D eigenvalue weighted by atomic mass is 19.3. The van der Waals surface area contributed by atoms with Crippen molar-refractivity contribution in [3.05, 3.63) is 60.5 Å². The van der Waals surface area contributed by atoms with Crippen LogP contribution in [0.25, 0.3) is 0 Å². The minimum absolute atomic E-state index is 0.466. The van der Waals surface area contributed by atoms with Crippen LogP contribution in [0, 0.1) is 0 Å². The average Bonchev–Trinajstić information content (AvgIpc) is 2.20. The van der Waals surface area contributed by atoms with Gasteiger partial charge in [0.05, 0.1) is 5.92 Å². The third-order valence-electron chi connectivity index (χ3n) is 1.85. The highest BCUT2D eigenvalue weighted by Crippen LogP contribution is 2.29. The van der Waals surface area contributed by atoms with Crippen LogP contribution in [0.15, 0.2) is 54.9 Å². The van der Waals surface area contributed by atoms with Crippen molar-refractivity contribution < 1.29 is 13.2 Å². The van der Waals surface area contributed by atoms with E-state index in [0.29, 0.717) is 5.56 Å². The highest BCUT2D eigenvalue weighted by Gasteiger charge is 2.17. The van der Waals surface area contributed by atoms with Gasteiger partial charge in [-0.15, -0.1) is 6.58 Å². The van der Waals surface area contributed by atoms with E-state index >= 15 is 0 Å². The maximum atomic E-state index is 12.9. The summed E-state index contributed by atoms with van der Waals surface area (Å²) in [6.45, 7) is 3.33. The quantitative estimate of drug-likeness (QED) is 0.643. The lowest BCUT2D eigenvalue weighted by molar-refractivity contribution is 0.369. The number of allylic oxidation sites excluding steroid dienone is 2. The smallest absolute Gasteiger partial charge is 0.205 e. The Kier molecular flexibility index (Phi) is 3.51. The Labute approximate surface area is 80.4 Å². The van der Waals surface area contributed by atoms with E-state index in [1.54, 1.807) is 30.3 Å². The van der Waals surface area contributed by atoms with Crippen molar-refractivity contribution in [2.75, 3.05) is 0 Å². The van der Waals surface area contributed by atoms with Crippen LogP contribution in [0.1, 0.15) is 11.5 Å². The summed E-state index contributed by atoms with van der Waals surface area (Å²) in [5.41, 5.74) is 0.466. The minimum atomic E-state index is -2.29. The first-order valence-electron chi connectivity index (χ1n) is 4.05. The Morgan fingerprint density at radius 2 is 1.71 bits per heavy atom. The predicted molar refractivity (Wildman–Crippen MR) is 49.7 cm³/mol. The number of hydrogen-bond acceptors (Lipinski definition) is 0. The molecule has 14 heavy (non-hydrogen) atoms. The zero-order valence-electron chi connectivity index (χ0n) is 7.38. The van der Waals surface area contributed by atoms with Crippen LogP contribution >= 0.6 is 0 Å². The van der Waals surface area contributed by atoms with Gasteiger partial charge in [0, 0.05) is 0 Å². The Morgan fingerprint density at radius 3 is 2.14 bits per heavy atom. The molecule has 0 saturated carbocycles. The Morgan fingerprint density at radius 1 is 1.14 bits per heavy atom. The monoisotopic (exact) mass is 198 g/mol. The van der Waals surface area contributed by atoms with Crippen LogP contribution in [0.4, 0.5) is 13.2 Å². The van der Waals surface area contributed by atoms with Crippen molar-refractivity contribution in [3.63, 3.8) is 0 Å². The van der Waals surface area contributed by atoms with Gasteiger partial charge < -0.3 is 0 Å². The fourth-order valence-corrected chi connectivity index (χ4v) is 1.16. The summed E-state index contributed by atoms with van der Waals surface area (Å²) >= 11 is 0. The van der Waals surface area contributed by atoms with E-state index in [4.69, 9.17) is 0 Å². The van der Waals surface area contributed by atoms with Crippen LogP contribution in [-0.4, -0.2) is 0 Å². The van der Waals surface area contributed by atoms with Crippen LogP contribution in [0.2, 0.25) is 0 Å². The van der Waals surface area contributed by atoms with Crippen molar-refractivity contribution in [2.24, 2.45) is 0 Å². The van der Waals surface area contributed by atoms with Crippen molar-refractivity contribution in [3.8, 4) is 0 Å². The van der Waals surface area contributed by atoms with Gasteiger partial charge in [-0.3, -0.25) is 0 Å². The fourth-order valence-electron chi connectivity index (χ4n) is 1.16. The molecule has 0 spiro atoms. The van der Waals surface area contributed by atoms with E-state index < -0.39 is 17.8 Å². The first-order chi connectivity index (χ1) is 6.66. The second-order valence-electron chi connectivity index (χ2n) is 2.73. The van der Waals surface area contributed by atoms with Crippen LogP contribution < -0.4 is 0 Å². The van der Waals surface area contributed by atoms with Gasteiger partial charge in [-0.25, -0.2) is 4.39 Å². The lowest BCUT2D eigenvalue weighted by Crippen LogP contribution is -1.96. The molecular weight excluding hydrogens is 189 g/mol. The summed E-state index contributed by atoms with van der Waals surface area (Å²) < 4.78 is 37.0. The molecule has 0 radical (unpaired) electrons. The van der Waals surface area contributed by atoms with Crippen LogP contribution in [0.3, 0.4) is 0 Å². The van der Waals surface area contributed by atoms with E-state index in [9.17, 15) is 13.2 Å². The van der Waals surface area contributed by atoms with E-state index in [-0.39, 0.29) is 0 Å². The summed E-state index contributed by atoms with van der Waals surface area (Å²) in [6, 6.07) is 8.21. The SMILES string of the molecule is C=CC(C(F)=C(F)F)c1ccccc1. The number of benzene rings is 1. The van der Waals surface area contributed by atoms with E-state index in [2.05, 4.69) is 6.58 Å². The van der Waals surface area contributed by atoms with E-state index in [1.807, 2.05) is 0 Å². The van der Waals surface area contributed by atoms with Gasteiger partial charge >= 0.3 is 6.08 Å². The molecule has 0 aromatic heterocycles. The van der Waals surface area contributed by atoms with Gasteiger partial charge in [-0.2, -0.15) is 8.78 Å². The summed E-state index contributed by atoms with van der Waals surface area (Å²) in [4.78, 5) is 0. The van der Waals surface area contributed by atoms with Gasteiger partial charge in [0.25, 0.3) is 0 Å². The number of halogens is 3. The molecule has 74 valence electrons. The maximum Gasteiger partial charge on any atom is 0.302 e. The lowest BCUT2D eigenvalue weighted by Gasteiger charge is -2.09. The standard InChI is InChI=1S/C11H9F3/c1-2-9(10(12)11(13)14)8-6-4-3-5-7-8/h2-7,9H,1H2. The Hall–Kier alpha value is -1.51. The summed E-state index contributed by atoms with van der Waals surface area (Å²) in [5, 5.41) is 0. The van der Waals surface area contributed by atoms with Crippen molar-refractivity contribution in [1.82, 2.24) is 0 Å². The highest BCUT2D eigenvalue weighted by molar-refractivity contribution is 5.30. The van der Waals surface area contributed by atoms with Gasteiger partial charge in [0.2, 0.25) is 0 Å². The molecule has 0 aliphatic rings. The molecule has 1 aromatic carbocycles. The van der Waals surface area contributed by atoms with Crippen molar-refractivity contribution in [1.29, 1.82) is 0 Å². The van der Waals surface area contributed by atoms with Gasteiger partial charge in [-0.05, 0) is 5.56 Å². The molecule has 0 N–H and O–H groups in total. The molecule has 0 amide bonds. The normalized spacial score (nSPS) is 11.9. The molecule has 0 fully saturated rings. The molecule has 1 rings (SSSR count). The molecule has 0 saturated heterocycles. The largest absolute Gasteiger partial charge is 0.302 e. The van der Waals surface area contributed by atoms with Crippen LogP contribution in [0.5, 0.6) is 0 Å². The first-order valence-corrected chi connectivity index (χ1v) is 4.05. The maximum absolute atomic E-state index is 12.9. The summed E-state index contributed by atoms with van der Waals surface area (Å²) in [5.74, 6) is -2.49. The zero-order valence-corrected chi connectivity index (χ0v) is 7.38. The van der Waals surface area contributed by atoms with Gasteiger partial charge in [0.15, 0.2) is 5.83 Å². The van der Waals surface area contributed by atoms with E-state index in [0.717, 1.165) is 6.08 Å². The second-order valence-corrected chi connectivity index (χ2v) is 2.73. The molecule has 0 bridgehead atoms. The van der Waals surface area contributed by atoms with Crippen molar-refractivity contribution in [2.45, 2.75) is 5.92 Å². The summed E-state index contributed by atoms with van der Waals surface area (Å²) in [6.07, 6.45) is -1.14. The average molecular weight is 198 g/mol. The van der Waals surface area contributed by atoms with Crippen LogP contribution in [-0.2, 0) is 0 Å². The summed E-state index contributed by atoms with van der Waals surface area (Å²) in [7, 11) is 0. The molecule has 3 heteroatoms. The fraction of sp³-hybridized carbons (Fsp3) is 0.0909. The Balaban J connectivity index is 3.06. The second kappa shape index (κ2) is 4.65. The predicted octanol–water partition coefficient (Wildman–Crippen LogP) is 4.03. The molecule has 0 aliphatic heterocycles. The third-order valence-corrected chi connectivity index (χ3v) is 1.85. The van der Waals surface area contributed by atoms with E-state index in [1.165, 1.54) is 0 Å². The molecular formula is C11H9F3. The van der Waals surface area contributed by atoms with Gasteiger partial charge in [0.1, 0.15) is 0 Å². The van der Waals surface area contributed by atoms with Gasteiger partial charge in [-0.1, -0.05) is 36.4 Å².